The number of aromatic hydroxyl groups is 1. The standard InChI is InChI=1S/C19H22O3/c1-2-22-19(21)14-5-3-13(4-6-14)15-7-8-17-12-18(20)10-9-16(17)11-15/h7-14,20H,2-6H2,1H3. The highest BCUT2D eigenvalue weighted by Gasteiger charge is 2.27. The monoisotopic (exact) mass is 298 g/mol. The van der Waals surface area contributed by atoms with E-state index in [-0.39, 0.29) is 11.9 Å². The highest BCUT2D eigenvalue weighted by atomic mass is 16.5. The minimum absolute atomic E-state index is 0.0325. The second kappa shape index (κ2) is 6.39. The van der Waals surface area contributed by atoms with E-state index in [0.29, 0.717) is 18.3 Å². The predicted octanol–water partition coefficient (Wildman–Crippen LogP) is 4.38. The third-order valence-electron chi connectivity index (χ3n) is 4.67. The molecule has 1 saturated carbocycles. The van der Waals surface area contributed by atoms with Crippen LogP contribution in [0.5, 0.6) is 5.75 Å². The summed E-state index contributed by atoms with van der Waals surface area (Å²) in [4.78, 5) is 11.8. The van der Waals surface area contributed by atoms with Gasteiger partial charge in [-0.1, -0.05) is 24.3 Å². The lowest BCUT2D eigenvalue weighted by Crippen LogP contribution is -2.23. The van der Waals surface area contributed by atoms with Gasteiger partial charge in [-0.2, -0.15) is 0 Å². The molecule has 3 nitrogen and oxygen atoms in total. The van der Waals surface area contributed by atoms with Gasteiger partial charge >= 0.3 is 5.97 Å². The van der Waals surface area contributed by atoms with Crippen LogP contribution >= 0.6 is 0 Å². The molecule has 1 aliphatic carbocycles. The number of phenols is 1. The second-order valence-corrected chi connectivity index (χ2v) is 6.09. The highest BCUT2D eigenvalue weighted by Crippen LogP contribution is 2.37. The van der Waals surface area contributed by atoms with E-state index in [4.69, 9.17) is 4.74 Å². The minimum atomic E-state index is -0.0325. The normalized spacial score (nSPS) is 21.7. The van der Waals surface area contributed by atoms with Crippen molar-refractivity contribution in [3.05, 3.63) is 42.0 Å². The summed E-state index contributed by atoms with van der Waals surface area (Å²) in [5.41, 5.74) is 1.33. The number of hydrogen-bond acceptors (Lipinski definition) is 3. The lowest BCUT2D eigenvalue weighted by atomic mass is 9.78. The Morgan fingerprint density at radius 3 is 2.50 bits per heavy atom. The molecule has 0 spiro atoms. The van der Waals surface area contributed by atoms with Crippen LogP contribution in [0.2, 0.25) is 0 Å². The molecule has 3 rings (SSSR count). The molecule has 1 N–H and O–H groups in total. The molecule has 0 unspecified atom stereocenters. The van der Waals surface area contributed by atoms with Crippen molar-refractivity contribution in [1.82, 2.24) is 0 Å². The summed E-state index contributed by atoms with van der Waals surface area (Å²) in [6.45, 7) is 2.33. The maximum Gasteiger partial charge on any atom is 0.308 e. The fourth-order valence-corrected chi connectivity index (χ4v) is 3.43. The topological polar surface area (TPSA) is 46.5 Å². The van der Waals surface area contributed by atoms with E-state index in [1.165, 1.54) is 5.56 Å². The SMILES string of the molecule is CCOC(=O)C1CCC(c2ccc3cc(O)ccc3c2)CC1. The molecular weight excluding hydrogens is 276 g/mol. The first kappa shape index (κ1) is 14.9. The zero-order valence-corrected chi connectivity index (χ0v) is 12.9. The van der Waals surface area contributed by atoms with E-state index in [1.807, 2.05) is 13.0 Å². The maximum atomic E-state index is 11.8. The Morgan fingerprint density at radius 1 is 1.09 bits per heavy atom. The van der Waals surface area contributed by atoms with E-state index in [2.05, 4.69) is 18.2 Å². The summed E-state index contributed by atoms with van der Waals surface area (Å²) in [6, 6.07) is 11.9. The molecule has 0 aromatic heterocycles. The molecule has 116 valence electrons. The van der Waals surface area contributed by atoms with E-state index in [9.17, 15) is 9.90 Å². The lowest BCUT2D eigenvalue weighted by molar-refractivity contribution is -0.149. The molecule has 2 aromatic carbocycles. The number of rotatable bonds is 3. The Hall–Kier alpha value is -2.03. The van der Waals surface area contributed by atoms with Gasteiger partial charge in [0, 0.05) is 0 Å². The fraction of sp³-hybridized carbons (Fsp3) is 0.421. The van der Waals surface area contributed by atoms with E-state index >= 15 is 0 Å². The van der Waals surface area contributed by atoms with Gasteiger partial charge in [-0.05, 0) is 67.0 Å². The van der Waals surface area contributed by atoms with Crippen molar-refractivity contribution in [3.8, 4) is 5.75 Å². The number of esters is 1. The summed E-state index contributed by atoms with van der Waals surface area (Å²) in [6.07, 6.45) is 3.90. The van der Waals surface area contributed by atoms with Crippen molar-refractivity contribution in [1.29, 1.82) is 0 Å². The van der Waals surface area contributed by atoms with Crippen LogP contribution in [0.3, 0.4) is 0 Å². The van der Waals surface area contributed by atoms with Gasteiger partial charge in [-0.3, -0.25) is 4.79 Å². The summed E-state index contributed by atoms with van der Waals surface area (Å²) in [5.74, 6) is 0.864. The van der Waals surface area contributed by atoms with Crippen LogP contribution in [-0.2, 0) is 9.53 Å². The Balaban J connectivity index is 1.71. The summed E-state index contributed by atoms with van der Waals surface area (Å²) < 4.78 is 5.13. The number of carbonyl (C=O) groups is 1. The van der Waals surface area contributed by atoms with Crippen LogP contribution in [-0.4, -0.2) is 17.7 Å². The number of ether oxygens (including phenoxy) is 1. The molecule has 0 bridgehead atoms. The molecule has 2 aromatic rings. The summed E-state index contributed by atoms with van der Waals surface area (Å²) >= 11 is 0. The second-order valence-electron chi connectivity index (χ2n) is 6.09. The predicted molar refractivity (Wildman–Crippen MR) is 86.9 cm³/mol. The number of benzene rings is 2. The van der Waals surface area contributed by atoms with Gasteiger partial charge in [0.15, 0.2) is 0 Å². The lowest BCUT2D eigenvalue weighted by Gasteiger charge is -2.27. The number of carbonyl (C=O) groups excluding carboxylic acids is 1. The minimum Gasteiger partial charge on any atom is -0.508 e. The maximum absolute atomic E-state index is 11.8. The van der Waals surface area contributed by atoms with Crippen molar-refractivity contribution in [2.45, 2.75) is 38.5 Å². The van der Waals surface area contributed by atoms with Crippen molar-refractivity contribution in [2.75, 3.05) is 6.61 Å². The molecule has 22 heavy (non-hydrogen) atoms. The van der Waals surface area contributed by atoms with Gasteiger partial charge in [0.1, 0.15) is 5.75 Å². The van der Waals surface area contributed by atoms with Gasteiger partial charge in [-0.25, -0.2) is 0 Å². The van der Waals surface area contributed by atoms with Crippen LogP contribution in [0.1, 0.15) is 44.1 Å². The number of hydrogen-bond donors (Lipinski definition) is 1. The molecule has 1 fully saturated rings. The highest BCUT2D eigenvalue weighted by molar-refractivity contribution is 5.84. The van der Waals surface area contributed by atoms with Crippen LogP contribution in [0.4, 0.5) is 0 Å². The summed E-state index contributed by atoms with van der Waals surface area (Å²) in [7, 11) is 0. The van der Waals surface area contributed by atoms with Gasteiger partial charge in [-0.15, -0.1) is 0 Å². The van der Waals surface area contributed by atoms with E-state index < -0.39 is 0 Å². The first-order valence-electron chi connectivity index (χ1n) is 8.06. The van der Waals surface area contributed by atoms with E-state index in [1.54, 1.807) is 12.1 Å². The molecule has 1 aliphatic rings. The van der Waals surface area contributed by atoms with Crippen molar-refractivity contribution in [2.24, 2.45) is 5.92 Å². The van der Waals surface area contributed by atoms with Crippen LogP contribution < -0.4 is 0 Å². The molecule has 0 amide bonds. The Morgan fingerprint density at radius 2 is 1.77 bits per heavy atom. The third-order valence-corrected chi connectivity index (χ3v) is 4.67. The Bertz CT molecular complexity index is 669. The van der Waals surface area contributed by atoms with Crippen molar-refractivity contribution < 1.29 is 14.6 Å². The largest absolute Gasteiger partial charge is 0.508 e. The van der Waals surface area contributed by atoms with Crippen LogP contribution in [0, 0.1) is 5.92 Å². The molecule has 0 heterocycles. The number of fused-ring (bicyclic) bond motifs is 1. The zero-order chi connectivity index (χ0) is 15.5. The molecule has 0 atom stereocenters. The third kappa shape index (κ3) is 3.08. The Kier molecular flexibility index (Phi) is 4.32. The van der Waals surface area contributed by atoms with Gasteiger partial charge < -0.3 is 9.84 Å². The smallest absolute Gasteiger partial charge is 0.308 e. The molecule has 0 radical (unpaired) electrons. The first-order valence-corrected chi connectivity index (χ1v) is 8.06. The average Bonchev–Trinajstić information content (AvgIpc) is 2.55. The quantitative estimate of drug-likeness (QED) is 0.855. The van der Waals surface area contributed by atoms with Crippen LogP contribution in [0.25, 0.3) is 10.8 Å². The van der Waals surface area contributed by atoms with Crippen molar-refractivity contribution >= 4 is 16.7 Å². The van der Waals surface area contributed by atoms with Gasteiger partial charge in [0.25, 0.3) is 0 Å². The van der Waals surface area contributed by atoms with Crippen LogP contribution in [0.15, 0.2) is 36.4 Å². The fourth-order valence-electron chi connectivity index (χ4n) is 3.43. The molecule has 0 aliphatic heterocycles. The Labute approximate surface area is 130 Å². The average molecular weight is 298 g/mol. The molecule has 3 heteroatoms. The van der Waals surface area contributed by atoms with Crippen molar-refractivity contribution in [3.63, 3.8) is 0 Å². The summed E-state index contributed by atoms with van der Waals surface area (Å²) in [5, 5.41) is 11.7. The number of phenolic OH excluding ortho intramolecular Hbond substituents is 1. The van der Waals surface area contributed by atoms with E-state index in [0.717, 1.165) is 36.5 Å². The van der Waals surface area contributed by atoms with Gasteiger partial charge in [0.2, 0.25) is 0 Å². The molecular formula is C19H22O3. The van der Waals surface area contributed by atoms with Gasteiger partial charge in [0.05, 0.1) is 12.5 Å². The zero-order valence-electron chi connectivity index (χ0n) is 12.9. The molecule has 0 saturated heterocycles. The first-order chi connectivity index (χ1) is 10.7.